The Labute approximate surface area is 215 Å². The predicted octanol–water partition coefficient (Wildman–Crippen LogP) is 6.85. The molecule has 0 aliphatic heterocycles. The van der Waals surface area contributed by atoms with Crippen LogP contribution in [0.4, 0.5) is 5.69 Å². The minimum atomic E-state index is -0.392. The zero-order chi connectivity index (χ0) is 24.4. The van der Waals surface area contributed by atoms with E-state index in [2.05, 4.69) is 15.6 Å². The van der Waals surface area contributed by atoms with E-state index in [1.54, 1.807) is 42.5 Å². The summed E-state index contributed by atoms with van der Waals surface area (Å²) in [4.78, 5) is 16.8. The maximum atomic E-state index is 12.2. The van der Waals surface area contributed by atoms with Crippen LogP contribution in [0.3, 0.4) is 0 Å². The molecule has 0 saturated carbocycles. The standard InChI is InChI=1S/C26H17Cl2N3O3S/c27-15-7-10-17(11-8-15)33-14-24(32)31-26(35)29-16-9-12-23-22(13-16)30-25(34-23)20-5-1-4-19-18(20)3-2-6-21(19)28/h1-13H,14H2,(H2,29,31,32,35). The molecule has 174 valence electrons. The third-order valence-electron chi connectivity index (χ3n) is 5.18. The topological polar surface area (TPSA) is 76.4 Å². The number of ether oxygens (including phenoxy) is 1. The second-order valence-corrected chi connectivity index (χ2v) is 8.84. The fourth-order valence-corrected chi connectivity index (χ4v) is 4.18. The molecule has 1 aromatic heterocycles. The fourth-order valence-electron chi connectivity index (χ4n) is 3.58. The first kappa shape index (κ1) is 23.1. The van der Waals surface area contributed by atoms with Gasteiger partial charge in [-0.25, -0.2) is 4.98 Å². The molecule has 0 unspecified atom stereocenters. The molecule has 0 aliphatic carbocycles. The van der Waals surface area contributed by atoms with E-state index in [0.717, 1.165) is 16.3 Å². The number of benzene rings is 4. The number of oxazole rings is 1. The average Bonchev–Trinajstić information content (AvgIpc) is 3.27. The molecule has 0 atom stereocenters. The number of aromatic nitrogens is 1. The van der Waals surface area contributed by atoms with Crippen molar-refractivity contribution in [3.05, 3.63) is 88.9 Å². The van der Waals surface area contributed by atoms with E-state index in [4.69, 9.17) is 44.6 Å². The summed E-state index contributed by atoms with van der Waals surface area (Å²) >= 11 is 17.4. The van der Waals surface area contributed by atoms with Crippen molar-refractivity contribution in [3.8, 4) is 17.2 Å². The molecule has 6 nitrogen and oxygen atoms in total. The first-order valence-corrected chi connectivity index (χ1v) is 11.7. The van der Waals surface area contributed by atoms with Gasteiger partial charge in [-0.05, 0) is 72.2 Å². The molecule has 1 amide bonds. The smallest absolute Gasteiger partial charge is 0.264 e. The number of carbonyl (C=O) groups is 1. The molecule has 0 spiro atoms. The third-order valence-corrected chi connectivity index (χ3v) is 5.97. The molecule has 1 heterocycles. The molecule has 4 aromatic carbocycles. The van der Waals surface area contributed by atoms with E-state index in [-0.39, 0.29) is 11.7 Å². The van der Waals surface area contributed by atoms with E-state index in [1.807, 2.05) is 36.4 Å². The maximum absolute atomic E-state index is 12.2. The first-order valence-electron chi connectivity index (χ1n) is 10.5. The van der Waals surface area contributed by atoms with Crippen molar-refractivity contribution >= 4 is 74.0 Å². The van der Waals surface area contributed by atoms with Crippen LogP contribution in [0, 0.1) is 0 Å². The van der Waals surface area contributed by atoms with E-state index in [1.165, 1.54) is 0 Å². The molecule has 9 heteroatoms. The van der Waals surface area contributed by atoms with Crippen LogP contribution < -0.4 is 15.4 Å². The number of anilines is 1. The summed E-state index contributed by atoms with van der Waals surface area (Å²) in [5.74, 6) is 0.626. The van der Waals surface area contributed by atoms with Crippen molar-refractivity contribution in [3.63, 3.8) is 0 Å². The van der Waals surface area contributed by atoms with Crippen molar-refractivity contribution in [1.29, 1.82) is 0 Å². The van der Waals surface area contributed by atoms with Gasteiger partial charge in [-0.2, -0.15) is 0 Å². The van der Waals surface area contributed by atoms with Crippen molar-refractivity contribution < 1.29 is 13.9 Å². The molecule has 5 rings (SSSR count). The number of fused-ring (bicyclic) bond motifs is 2. The van der Waals surface area contributed by atoms with Gasteiger partial charge in [0, 0.05) is 26.7 Å². The highest BCUT2D eigenvalue weighted by atomic mass is 35.5. The molecule has 2 N–H and O–H groups in total. The zero-order valence-electron chi connectivity index (χ0n) is 18.0. The number of thiocarbonyl (C=S) groups is 1. The Kier molecular flexibility index (Phi) is 6.55. The Morgan fingerprint density at radius 1 is 0.971 bits per heavy atom. The Hall–Kier alpha value is -3.65. The van der Waals surface area contributed by atoms with Gasteiger partial charge in [-0.15, -0.1) is 0 Å². The summed E-state index contributed by atoms with van der Waals surface area (Å²) < 4.78 is 11.4. The lowest BCUT2D eigenvalue weighted by Crippen LogP contribution is -2.37. The summed E-state index contributed by atoms with van der Waals surface area (Å²) in [5, 5.41) is 8.85. The molecule has 0 fully saturated rings. The minimum absolute atomic E-state index is 0.140. The summed E-state index contributed by atoms with van der Waals surface area (Å²) in [6, 6.07) is 23.7. The number of amides is 1. The highest BCUT2D eigenvalue weighted by Gasteiger charge is 2.13. The highest BCUT2D eigenvalue weighted by molar-refractivity contribution is 7.80. The molecule has 0 aliphatic rings. The molecule has 5 aromatic rings. The molecule has 0 saturated heterocycles. The monoisotopic (exact) mass is 521 g/mol. The third kappa shape index (κ3) is 5.22. The van der Waals surface area contributed by atoms with Gasteiger partial charge < -0.3 is 14.5 Å². The number of nitrogens with one attached hydrogen (secondary N) is 2. The highest BCUT2D eigenvalue weighted by Crippen LogP contribution is 2.34. The van der Waals surface area contributed by atoms with Gasteiger partial charge in [0.2, 0.25) is 5.89 Å². The van der Waals surface area contributed by atoms with Gasteiger partial charge >= 0.3 is 0 Å². The number of hydrogen-bond acceptors (Lipinski definition) is 5. The lowest BCUT2D eigenvalue weighted by molar-refractivity contribution is -0.121. The largest absolute Gasteiger partial charge is 0.484 e. The van der Waals surface area contributed by atoms with Crippen LogP contribution in [0.5, 0.6) is 5.75 Å². The molecule has 35 heavy (non-hydrogen) atoms. The quantitative estimate of drug-likeness (QED) is 0.246. The minimum Gasteiger partial charge on any atom is -0.484 e. The summed E-state index contributed by atoms with van der Waals surface area (Å²) in [7, 11) is 0. The number of hydrogen-bond donors (Lipinski definition) is 2. The summed E-state index contributed by atoms with van der Waals surface area (Å²) in [5.41, 5.74) is 2.77. The molecular weight excluding hydrogens is 505 g/mol. The van der Waals surface area contributed by atoms with Crippen LogP contribution in [0.15, 0.2) is 83.3 Å². The lowest BCUT2D eigenvalue weighted by Gasteiger charge is -2.10. The normalized spacial score (nSPS) is 10.9. The maximum Gasteiger partial charge on any atom is 0.264 e. The van der Waals surface area contributed by atoms with Crippen molar-refractivity contribution in [2.24, 2.45) is 0 Å². The average molecular weight is 522 g/mol. The second kappa shape index (κ2) is 9.92. The van der Waals surface area contributed by atoms with E-state index in [9.17, 15) is 4.79 Å². The van der Waals surface area contributed by atoms with Crippen molar-refractivity contribution in [2.75, 3.05) is 11.9 Å². The SMILES string of the molecule is O=C(COc1ccc(Cl)cc1)NC(=S)Nc1ccc2oc(-c3cccc4c(Cl)cccc34)nc2c1. The van der Waals surface area contributed by atoms with Gasteiger partial charge in [0.1, 0.15) is 11.3 Å². The number of rotatable bonds is 5. The van der Waals surface area contributed by atoms with Gasteiger partial charge in [0.15, 0.2) is 17.3 Å². The first-order chi connectivity index (χ1) is 17.0. The van der Waals surface area contributed by atoms with Gasteiger partial charge in [-0.1, -0.05) is 47.5 Å². The summed E-state index contributed by atoms with van der Waals surface area (Å²) in [6.07, 6.45) is 0. The second-order valence-electron chi connectivity index (χ2n) is 7.59. The van der Waals surface area contributed by atoms with E-state index >= 15 is 0 Å². The Balaban J connectivity index is 1.27. The number of carbonyl (C=O) groups excluding carboxylic acids is 1. The number of nitrogens with zero attached hydrogens (tertiary/aromatic N) is 1. The van der Waals surface area contributed by atoms with Gasteiger partial charge in [-0.3, -0.25) is 10.1 Å². The Morgan fingerprint density at radius 3 is 2.57 bits per heavy atom. The molecule has 0 bridgehead atoms. The Morgan fingerprint density at radius 2 is 1.74 bits per heavy atom. The Bertz CT molecular complexity index is 1570. The predicted molar refractivity (Wildman–Crippen MR) is 143 cm³/mol. The summed E-state index contributed by atoms with van der Waals surface area (Å²) in [6.45, 7) is -0.190. The van der Waals surface area contributed by atoms with E-state index in [0.29, 0.717) is 38.5 Å². The zero-order valence-corrected chi connectivity index (χ0v) is 20.4. The van der Waals surface area contributed by atoms with Crippen molar-refractivity contribution in [2.45, 2.75) is 0 Å². The van der Waals surface area contributed by atoms with E-state index < -0.39 is 5.91 Å². The number of halogens is 2. The lowest BCUT2D eigenvalue weighted by atomic mass is 10.0. The fraction of sp³-hybridized carbons (Fsp3) is 0.0385. The van der Waals surface area contributed by atoms with Crippen LogP contribution in [-0.4, -0.2) is 22.6 Å². The van der Waals surface area contributed by atoms with Crippen molar-refractivity contribution in [1.82, 2.24) is 10.3 Å². The molecule has 0 radical (unpaired) electrons. The van der Waals surface area contributed by atoms with Gasteiger partial charge in [0.05, 0.1) is 0 Å². The van der Waals surface area contributed by atoms with Crippen LogP contribution in [0.25, 0.3) is 33.3 Å². The molecular formula is C26H17Cl2N3O3S. The van der Waals surface area contributed by atoms with Crippen LogP contribution in [-0.2, 0) is 4.79 Å². The van der Waals surface area contributed by atoms with Crippen LogP contribution >= 0.6 is 35.4 Å². The van der Waals surface area contributed by atoms with Gasteiger partial charge in [0.25, 0.3) is 5.91 Å². The van der Waals surface area contributed by atoms with Crippen LogP contribution in [0.2, 0.25) is 10.0 Å². The van der Waals surface area contributed by atoms with Crippen LogP contribution in [0.1, 0.15) is 0 Å².